The van der Waals surface area contributed by atoms with E-state index in [9.17, 15) is 9.59 Å². The number of piperidine rings is 1. The predicted molar refractivity (Wildman–Crippen MR) is 140 cm³/mol. The number of carbonyl (C=O) groups is 1. The standard InChI is InChI=1S/C27H32N4O2S/c1-18-8-5-6-12-21(18)22-17-34-24-23(22)29-27(30-26(24)33)31-15-7-11-20(16-31)25(32)28-14-13-19-9-3-2-4-10-19/h5-6,8-9,12,17,20H,2-4,7,10-11,13-16H2,1H3,(H,28,32)(H,29,30,33)/t20-/m0/s1. The zero-order valence-corrected chi connectivity index (χ0v) is 20.5. The first kappa shape index (κ1) is 22.8. The van der Waals surface area contributed by atoms with Gasteiger partial charge in [-0.05, 0) is 63.0 Å². The molecule has 0 spiro atoms. The number of carbonyl (C=O) groups excluding carboxylic acids is 1. The van der Waals surface area contributed by atoms with Crippen LogP contribution >= 0.6 is 11.3 Å². The molecule has 2 aliphatic rings. The second-order valence-electron chi connectivity index (χ2n) is 9.47. The molecule has 1 aliphatic carbocycles. The number of allylic oxidation sites excluding steroid dienone is 1. The summed E-state index contributed by atoms with van der Waals surface area (Å²) < 4.78 is 0.644. The summed E-state index contributed by atoms with van der Waals surface area (Å²) in [5, 5.41) is 5.17. The summed E-state index contributed by atoms with van der Waals surface area (Å²) in [6, 6.07) is 8.18. The molecule has 1 aromatic carbocycles. The lowest BCUT2D eigenvalue weighted by Gasteiger charge is -2.32. The van der Waals surface area contributed by atoms with Gasteiger partial charge in [0, 0.05) is 30.6 Å². The average Bonchev–Trinajstić information content (AvgIpc) is 3.29. The Balaban J connectivity index is 1.31. The van der Waals surface area contributed by atoms with Crippen LogP contribution in [0.3, 0.4) is 0 Å². The number of rotatable bonds is 6. The van der Waals surface area contributed by atoms with Crippen molar-refractivity contribution >= 4 is 33.4 Å². The number of aryl methyl sites for hydroxylation is 1. The molecule has 1 saturated heterocycles. The van der Waals surface area contributed by atoms with Crippen molar-refractivity contribution in [2.24, 2.45) is 5.92 Å². The van der Waals surface area contributed by atoms with Gasteiger partial charge in [0.05, 0.1) is 11.4 Å². The zero-order valence-electron chi connectivity index (χ0n) is 19.7. The second-order valence-corrected chi connectivity index (χ2v) is 10.3. The van der Waals surface area contributed by atoms with Crippen LogP contribution in [0, 0.1) is 12.8 Å². The van der Waals surface area contributed by atoms with Crippen molar-refractivity contribution in [3.63, 3.8) is 0 Å². The minimum absolute atomic E-state index is 0.0894. The highest BCUT2D eigenvalue weighted by molar-refractivity contribution is 7.17. The lowest BCUT2D eigenvalue weighted by Crippen LogP contribution is -2.44. The van der Waals surface area contributed by atoms with Crippen molar-refractivity contribution in [2.45, 2.75) is 51.9 Å². The van der Waals surface area contributed by atoms with Gasteiger partial charge in [0.25, 0.3) is 5.56 Å². The molecule has 0 bridgehead atoms. The third kappa shape index (κ3) is 4.80. The number of aromatic amines is 1. The van der Waals surface area contributed by atoms with Gasteiger partial charge < -0.3 is 10.2 Å². The fourth-order valence-electron chi connectivity index (χ4n) is 5.14. The number of hydrogen-bond donors (Lipinski definition) is 2. The first-order chi connectivity index (χ1) is 16.6. The van der Waals surface area contributed by atoms with Crippen molar-refractivity contribution in [3.8, 4) is 11.1 Å². The van der Waals surface area contributed by atoms with Gasteiger partial charge >= 0.3 is 0 Å². The van der Waals surface area contributed by atoms with Gasteiger partial charge in [0.1, 0.15) is 4.70 Å². The van der Waals surface area contributed by atoms with Gasteiger partial charge in [-0.1, -0.05) is 35.9 Å². The van der Waals surface area contributed by atoms with Crippen LogP contribution in [0.5, 0.6) is 0 Å². The Morgan fingerprint density at radius 3 is 2.94 bits per heavy atom. The lowest BCUT2D eigenvalue weighted by molar-refractivity contribution is -0.125. The van der Waals surface area contributed by atoms with Crippen molar-refractivity contribution in [1.82, 2.24) is 15.3 Å². The predicted octanol–water partition coefficient (Wildman–Crippen LogP) is 5.18. The first-order valence-electron chi connectivity index (χ1n) is 12.4. The molecule has 1 atom stereocenters. The summed E-state index contributed by atoms with van der Waals surface area (Å²) in [6.45, 7) is 4.14. The summed E-state index contributed by atoms with van der Waals surface area (Å²) in [6.07, 6.45) is 9.95. The molecule has 1 fully saturated rings. The Morgan fingerprint density at radius 2 is 2.12 bits per heavy atom. The molecule has 7 heteroatoms. The molecule has 1 aliphatic heterocycles. The maximum absolute atomic E-state index is 12.9. The molecule has 178 valence electrons. The highest BCUT2D eigenvalue weighted by Gasteiger charge is 2.27. The number of fused-ring (bicyclic) bond motifs is 1. The Labute approximate surface area is 204 Å². The number of aromatic nitrogens is 2. The van der Waals surface area contributed by atoms with E-state index < -0.39 is 0 Å². The Bertz CT molecular complexity index is 1280. The molecule has 3 aromatic rings. The van der Waals surface area contributed by atoms with Crippen LogP contribution in [-0.2, 0) is 4.79 Å². The molecule has 2 N–H and O–H groups in total. The highest BCUT2D eigenvalue weighted by atomic mass is 32.1. The molecule has 1 amide bonds. The van der Waals surface area contributed by atoms with Crippen LogP contribution in [0.15, 0.2) is 46.1 Å². The topological polar surface area (TPSA) is 78.1 Å². The van der Waals surface area contributed by atoms with Gasteiger partial charge in [0.2, 0.25) is 11.9 Å². The molecule has 0 saturated carbocycles. The average molecular weight is 477 g/mol. The second kappa shape index (κ2) is 10.1. The third-order valence-electron chi connectivity index (χ3n) is 7.07. The van der Waals surface area contributed by atoms with Crippen molar-refractivity contribution in [2.75, 3.05) is 24.5 Å². The van der Waals surface area contributed by atoms with E-state index in [0.717, 1.165) is 48.0 Å². The summed E-state index contributed by atoms with van der Waals surface area (Å²) in [5.41, 5.74) is 5.36. The molecule has 3 heterocycles. The van der Waals surface area contributed by atoms with E-state index >= 15 is 0 Å². The number of benzene rings is 1. The fourth-order valence-corrected chi connectivity index (χ4v) is 6.04. The number of hydrogen-bond acceptors (Lipinski definition) is 5. The van der Waals surface area contributed by atoms with E-state index in [1.165, 1.54) is 42.6 Å². The van der Waals surface area contributed by atoms with Crippen molar-refractivity contribution < 1.29 is 4.79 Å². The summed E-state index contributed by atoms with van der Waals surface area (Å²) in [7, 11) is 0. The van der Waals surface area contributed by atoms with Crippen LogP contribution in [0.4, 0.5) is 5.95 Å². The van der Waals surface area contributed by atoms with Crippen LogP contribution in [0.25, 0.3) is 21.3 Å². The molecule has 0 unspecified atom stereocenters. The van der Waals surface area contributed by atoms with Crippen LogP contribution in [0.1, 0.15) is 50.5 Å². The molecule has 0 radical (unpaired) electrons. The van der Waals surface area contributed by atoms with E-state index in [1.807, 2.05) is 17.5 Å². The van der Waals surface area contributed by atoms with Crippen LogP contribution in [0.2, 0.25) is 0 Å². The largest absolute Gasteiger partial charge is 0.355 e. The maximum atomic E-state index is 12.9. The van der Waals surface area contributed by atoms with Gasteiger partial charge in [-0.15, -0.1) is 11.3 Å². The Kier molecular flexibility index (Phi) is 6.81. The Hall–Kier alpha value is -2.93. The van der Waals surface area contributed by atoms with Crippen LogP contribution < -0.4 is 15.8 Å². The number of anilines is 1. The SMILES string of the molecule is Cc1ccccc1-c1csc2c(=O)[nH]c(N3CCC[C@H](C(=O)NCCC4=CCCCC4)C3)nc12. The Morgan fingerprint density at radius 1 is 1.24 bits per heavy atom. The molecule has 6 nitrogen and oxygen atoms in total. The molecule has 5 rings (SSSR count). The van der Waals surface area contributed by atoms with Gasteiger partial charge in [0.15, 0.2) is 0 Å². The number of thiophene rings is 1. The lowest BCUT2D eigenvalue weighted by atomic mass is 9.96. The van der Waals surface area contributed by atoms with Crippen molar-refractivity contribution in [3.05, 3.63) is 57.2 Å². The van der Waals surface area contributed by atoms with E-state index in [2.05, 4.69) is 40.3 Å². The summed E-state index contributed by atoms with van der Waals surface area (Å²) in [5.74, 6) is 0.588. The van der Waals surface area contributed by atoms with Gasteiger partial charge in [-0.2, -0.15) is 0 Å². The summed E-state index contributed by atoms with van der Waals surface area (Å²) >= 11 is 1.43. The number of amides is 1. The zero-order chi connectivity index (χ0) is 23.5. The molecular formula is C27H32N4O2S. The summed E-state index contributed by atoms with van der Waals surface area (Å²) in [4.78, 5) is 35.7. The first-order valence-corrected chi connectivity index (χ1v) is 13.3. The number of nitrogens with one attached hydrogen (secondary N) is 2. The smallest absolute Gasteiger partial charge is 0.270 e. The quantitative estimate of drug-likeness (QED) is 0.481. The normalized spacial score (nSPS) is 18.7. The fraction of sp³-hybridized carbons (Fsp3) is 0.444. The van der Waals surface area contributed by atoms with Crippen molar-refractivity contribution in [1.29, 1.82) is 0 Å². The molecule has 2 aromatic heterocycles. The third-order valence-corrected chi connectivity index (χ3v) is 8.04. The minimum atomic E-state index is -0.114. The number of H-pyrrole nitrogens is 1. The van der Waals surface area contributed by atoms with Gasteiger partial charge in [-0.25, -0.2) is 4.98 Å². The van der Waals surface area contributed by atoms with Crippen LogP contribution in [-0.4, -0.2) is 35.5 Å². The van der Waals surface area contributed by atoms with E-state index in [1.54, 1.807) is 0 Å². The number of nitrogens with zero attached hydrogens (tertiary/aromatic N) is 2. The highest BCUT2D eigenvalue weighted by Crippen LogP contribution is 2.34. The minimum Gasteiger partial charge on any atom is -0.355 e. The monoisotopic (exact) mass is 476 g/mol. The maximum Gasteiger partial charge on any atom is 0.270 e. The molecule has 34 heavy (non-hydrogen) atoms. The van der Waals surface area contributed by atoms with Gasteiger partial charge in [-0.3, -0.25) is 14.6 Å². The van der Waals surface area contributed by atoms with E-state index in [-0.39, 0.29) is 17.4 Å². The van der Waals surface area contributed by atoms with E-state index in [0.29, 0.717) is 23.7 Å². The van der Waals surface area contributed by atoms with E-state index in [4.69, 9.17) is 4.98 Å². The molecular weight excluding hydrogens is 444 g/mol.